The zero-order valence-corrected chi connectivity index (χ0v) is 14.3. The first-order valence-electron chi connectivity index (χ1n) is 8.28. The maximum atomic E-state index is 12.6. The van der Waals surface area contributed by atoms with Crippen LogP contribution in [0.5, 0.6) is 11.5 Å². The number of fused-ring (bicyclic) bond motifs is 1. The predicted molar refractivity (Wildman–Crippen MR) is 88.0 cm³/mol. The molecule has 0 aliphatic carbocycles. The molecule has 1 spiro atoms. The van der Waals surface area contributed by atoms with Crippen molar-refractivity contribution < 1.29 is 29.0 Å². The van der Waals surface area contributed by atoms with Gasteiger partial charge in [-0.2, -0.15) is 0 Å². The predicted octanol–water partition coefficient (Wildman–Crippen LogP) is 1.88. The minimum Gasteiger partial charge on any atom is -0.497 e. The summed E-state index contributed by atoms with van der Waals surface area (Å²) in [6, 6.07) is 4.18. The summed E-state index contributed by atoms with van der Waals surface area (Å²) in [6.07, 6.45) is 1.15. The Morgan fingerprint density at radius 1 is 1.36 bits per heavy atom. The van der Waals surface area contributed by atoms with Crippen molar-refractivity contribution >= 4 is 17.7 Å². The number of carbonyl (C=O) groups is 3. The lowest BCUT2D eigenvalue weighted by Gasteiger charge is -2.37. The van der Waals surface area contributed by atoms with E-state index in [-0.39, 0.29) is 31.1 Å². The van der Waals surface area contributed by atoms with Crippen LogP contribution in [0, 0.1) is 0 Å². The summed E-state index contributed by atoms with van der Waals surface area (Å²) >= 11 is 0. The Hall–Kier alpha value is -2.57. The maximum Gasteiger partial charge on any atom is 0.326 e. The third kappa shape index (κ3) is 3.18. The Balaban J connectivity index is 1.86. The van der Waals surface area contributed by atoms with Crippen molar-refractivity contribution in [1.82, 2.24) is 4.90 Å². The second-order valence-corrected chi connectivity index (χ2v) is 6.60. The number of carbonyl (C=O) groups excluding carboxylic acids is 2. The van der Waals surface area contributed by atoms with Gasteiger partial charge < -0.3 is 19.5 Å². The number of methoxy groups -OCH3 is 1. The van der Waals surface area contributed by atoms with E-state index in [1.165, 1.54) is 18.9 Å². The molecule has 0 bridgehead atoms. The Morgan fingerprint density at radius 3 is 2.80 bits per heavy atom. The number of ketones is 1. The molecule has 134 valence electrons. The highest BCUT2D eigenvalue weighted by Crippen LogP contribution is 2.41. The molecule has 1 aromatic carbocycles. The van der Waals surface area contributed by atoms with Gasteiger partial charge in [0.05, 0.1) is 19.1 Å². The zero-order chi connectivity index (χ0) is 18.2. The monoisotopic (exact) mass is 347 g/mol. The topological polar surface area (TPSA) is 93.1 Å². The van der Waals surface area contributed by atoms with E-state index in [1.54, 1.807) is 18.2 Å². The number of aliphatic carboxylic acids is 1. The van der Waals surface area contributed by atoms with Crippen LogP contribution in [0.3, 0.4) is 0 Å². The lowest BCUT2D eigenvalue weighted by Crippen LogP contribution is -2.45. The van der Waals surface area contributed by atoms with Crippen LogP contribution in [0.1, 0.15) is 43.0 Å². The third-order valence-corrected chi connectivity index (χ3v) is 5.05. The molecule has 1 aromatic rings. The lowest BCUT2D eigenvalue weighted by atomic mass is 9.84. The van der Waals surface area contributed by atoms with Crippen molar-refractivity contribution in [2.75, 3.05) is 13.7 Å². The van der Waals surface area contributed by atoms with Gasteiger partial charge in [-0.1, -0.05) is 0 Å². The van der Waals surface area contributed by atoms with Crippen LogP contribution in [0.15, 0.2) is 18.2 Å². The summed E-state index contributed by atoms with van der Waals surface area (Å²) in [5.74, 6) is -0.243. The normalized spacial score (nSPS) is 24.3. The van der Waals surface area contributed by atoms with Crippen LogP contribution >= 0.6 is 0 Å². The lowest BCUT2D eigenvalue weighted by molar-refractivity contribution is -0.149. The molecule has 1 N–H and O–H groups in total. The van der Waals surface area contributed by atoms with E-state index >= 15 is 0 Å². The number of Topliss-reactive ketones (excluding diaryl/α,β-unsaturated/α-hetero) is 1. The van der Waals surface area contributed by atoms with Gasteiger partial charge in [0, 0.05) is 25.5 Å². The standard InChI is InChI=1S/C18H21NO6/c1-11(17(22)23)19-8-7-18(6-5-16(19)21)10-14(20)13-4-3-12(24-2)9-15(13)25-18/h3-4,9,11H,5-8,10H2,1-2H3,(H,22,23)/t11-,18-/m1/s1. The van der Waals surface area contributed by atoms with Crippen molar-refractivity contribution in [1.29, 1.82) is 0 Å². The highest BCUT2D eigenvalue weighted by molar-refractivity contribution is 6.00. The molecule has 3 rings (SSSR count). The molecule has 0 radical (unpaired) electrons. The molecule has 2 heterocycles. The number of rotatable bonds is 3. The second kappa shape index (κ2) is 6.38. The van der Waals surface area contributed by atoms with Gasteiger partial charge in [0.2, 0.25) is 5.91 Å². The Kier molecular flexibility index (Phi) is 4.41. The molecular formula is C18H21NO6. The minimum absolute atomic E-state index is 0.0314. The van der Waals surface area contributed by atoms with E-state index in [1.807, 2.05) is 0 Å². The van der Waals surface area contributed by atoms with Gasteiger partial charge in [0.1, 0.15) is 23.1 Å². The molecule has 0 saturated carbocycles. The first kappa shape index (κ1) is 17.3. The molecule has 0 aromatic heterocycles. The van der Waals surface area contributed by atoms with Crippen LogP contribution < -0.4 is 9.47 Å². The third-order valence-electron chi connectivity index (χ3n) is 5.05. The highest BCUT2D eigenvalue weighted by atomic mass is 16.5. The van der Waals surface area contributed by atoms with Crippen LogP contribution in [-0.2, 0) is 9.59 Å². The number of benzene rings is 1. The minimum atomic E-state index is -1.04. The number of ether oxygens (including phenoxy) is 2. The molecule has 2 aliphatic rings. The van der Waals surface area contributed by atoms with Crippen molar-refractivity contribution in [3.8, 4) is 11.5 Å². The van der Waals surface area contributed by atoms with Crippen molar-refractivity contribution in [2.45, 2.75) is 44.2 Å². The summed E-state index contributed by atoms with van der Waals surface area (Å²) in [6.45, 7) is 1.74. The molecule has 2 atom stereocenters. The number of nitrogens with zero attached hydrogens (tertiary/aromatic N) is 1. The largest absolute Gasteiger partial charge is 0.497 e. The molecule has 1 fully saturated rings. The molecule has 7 nitrogen and oxygen atoms in total. The fourth-order valence-electron chi connectivity index (χ4n) is 3.48. The SMILES string of the molecule is COc1ccc2c(c1)O[C@@]1(CCC(=O)N([C@H](C)C(=O)O)CC1)CC2=O. The Bertz CT molecular complexity index is 730. The average Bonchev–Trinajstić information content (AvgIpc) is 2.73. The van der Waals surface area contributed by atoms with E-state index in [9.17, 15) is 19.5 Å². The van der Waals surface area contributed by atoms with Gasteiger partial charge in [0.15, 0.2) is 5.78 Å². The molecule has 2 aliphatic heterocycles. The molecule has 7 heteroatoms. The summed E-state index contributed by atoms with van der Waals surface area (Å²) in [5, 5.41) is 9.18. The number of amides is 1. The number of carboxylic acid groups (broad SMARTS) is 1. The Labute approximate surface area is 145 Å². The van der Waals surface area contributed by atoms with Gasteiger partial charge in [-0.25, -0.2) is 4.79 Å². The number of carboxylic acids is 1. The van der Waals surface area contributed by atoms with E-state index in [2.05, 4.69) is 0 Å². The summed E-state index contributed by atoms with van der Waals surface area (Å²) in [5.41, 5.74) is -0.267. The number of hydrogen-bond acceptors (Lipinski definition) is 5. The van der Waals surface area contributed by atoms with Crippen molar-refractivity contribution in [2.24, 2.45) is 0 Å². The molecule has 25 heavy (non-hydrogen) atoms. The summed E-state index contributed by atoms with van der Waals surface area (Å²) < 4.78 is 11.4. The van der Waals surface area contributed by atoms with E-state index in [0.717, 1.165) is 0 Å². The smallest absolute Gasteiger partial charge is 0.326 e. The van der Waals surface area contributed by atoms with Crippen LogP contribution in [0.4, 0.5) is 0 Å². The fraction of sp³-hybridized carbons (Fsp3) is 0.500. The number of hydrogen-bond donors (Lipinski definition) is 1. The van der Waals surface area contributed by atoms with Crippen molar-refractivity contribution in [3.05, 3.63) is 23.8 Å². The molecular weight excluding hydrogens is 326 g/mol. The van der Waals surface area contributed by atoms with E-state index in [0.29, 0.717) is 29.9 Å². The van der Waals surface area contributed by atoms with Crippen LogP contribution in [0.2, 0.25) is 0 Å². The van der Waals surface area contributed by atoms with Crippen LogP contribution in [0.25, 0.3) is 0 Å². The quantitative estimate of drug-likeness (QED) is 0.897. The Morgan fingerprint density at radius 2 is 2.12 bits per heavy atom. The fourth-order valence-corrected chi connectivity index (χ4v) is 3.48. The second-order valence-electron chi connectivity index (χ2n) is 6.60. The van der Waals surface area contributed by atoms with Gasteiger partial charge in [-0.05, 0) is 25.5 Å². The summed E-state index contributed by atoms with van der Waals surface area (Å²) in [7, 11) is 1.54. The molecule has 0 unspecified atom stereocenters. The number of likely N-dealkylation sites (tertiary alicyclic amines) is 1. The van der Waals surface area contributed by atoms with Gasteiger partial charge in [-0.3, -0.25) is 9.59 Å². The van der Waals surface area contributed by atoms with Gasteiger partial charge in [-0.15, -0.1) is 0 Å². The maximum absolute atomic E-state index is 12.6. The van der Waals surface area contributed by atoms with Gasteiger partial charge in [0.25, 0.3) is 0 Å². The van der Waals surface area contributed by atoms with Crippen molar-refractivity contribution in [3.63, 3.8) is 0 Å². The summed E-state index contributed by atoms with van der Waals surface area (Å²) in [4.78, 5) is 37.4. The molecule has 1 saturated heterocycles. The average molecular weight is 347 g/mol. The first-order chi connectivity index (χ1) is 11.8. The van der Waals surface area contributed by atoms with E-state index in [4.69, 9.17) is 9.47 Å². The first-order valence-corrected chi connectivity index (χ1v) is 8.28. The highest BCUT2D eigenvalue weighted by Gasteiger charge is 2.44. The van der Waals surface area contributed by atoms with Crippen LogP contribution in [-0.4, -0.2) is 53.0 Å². The van der Waals surface area contributed by atoms with E-state index < -0.39 is 17.6 Å². The zero-order valence-electron chi connectivity index (χ0n) is 14.3. The molecule has 1 amide bonds. The van der Waals surface area contributed by atoms with Gasteiger partial charge >= 0.3 is 5.97 Å².